The Kier molecular flexibility index (Phi) is 5.22. The van der Waals surface area contributed by atoms with Crippen LogP contribution in [0.3, 0.4) is 0 Å². The van der Waals surface area contributed by atoms with Crippen LogP contribution in [0.2, 0.25) is 0 Å². The molecule has 4 nitrogen and oxygen atoms in total. The third kappa shape index (κ3) is 3.29. The van der Waals surface area contributed by atoms with Gasteiger partial charge < -0.3 is 9.80 Å². The van der Waals surface area contributed by atoms with Crippen molar-refractivity contribution >= 4 is 11.8 Å². The van der Waals surface area contributed by atoms with Crippen LogP contribution in [0.1, 0.15) is 45.1 Å². The number of benzene rings is 1. The monoisotopic (exact) mass is 354 g/mol. The van der Waals surface area contributed by atoms with Crippen LogP contribution in [0, 0.1) is 5.41 Å². The van der Waals surface area contributed by atoms with Crippen molar-refractivity contribution in [2.45, 2.75) is 44.9 Å². The molecule has 0 radical (unpaired) electrons. The molecular weight excluding hydrogens is 324 g/mol. The van der Waals surface area contributed by atoms with E-state index in [1.165, 1.54) is 6.08 Å². The third-order valence-electron chi connectivity index (χ3n) is 6.54. The quantitative estimate of drug-likeness (QED) is 0.778. The minimum Gasteiger partial charge on any atom is -0.341 e. The van der Waals surface area contributed by atoms with Crippen molar-refractivity contribution in [3.63, 3.8) is 0 Å². The zero-order valence-corrected chi connectivity index (χ0v) is 16.0. The maximum Gasteiger partial charge on any atom is 0.245 e. The van der Waals surface area contributed by atoms with Gasteiger partial charge in [0.15, 0.2) is 0 Å². The fourth-order valence-corrected chi connectivity index (χ4v) is 4.41. The van der Waals surface area contributed by atoms with E-state index in [0.29, 0.717) is 25.9 Å². The largest absolute Gasteiger partial charge is 0.341 e. The molecule has 1 unspecified atom stereocenters. The van der Waals surface area contributed by atoms with E-state index in [9.17, 15) is 9.59 Å². The number of hydrogen-bond donors (Lipinski definition) is 0. The van der Waals surface area contributed by atoms with Crippen LogP contribution in [0.15, 0.2) is 43.0 Å². The second kappa shape index (κ2) is 7.26. The van der Waals surface area contributed by atoms with Crippen molar-refractivity contribution in [1.29, 1.82) is 0 Å². The first kappa shape index (κ1) is 18.7. The minimum atomic E-state index is -0.516. The molecule has 2 fully saturated rings. The number of carbonyl (C=O) groups excluding carboxylic acids is 2. The maximum atomic E-state index is 13.7. The molecule has 0 bridgehead atoms. The molecule has 26 heavy (non-hydrogen) atoms. The molecule has 4 heteroatoms. The predicted molar refractivity (Wildman–Crippen MR) is 104 cm³/mol. The summed E-state index contributed by atoms with van der Waals surface area (Å²) in [5.74, 6) is 0.199. The van der Waals surface area contributed by atoms with E-state index in [2.05, 4.69) is 37.5 Å². The van der Waals surface area contributed by atoms with E-state index in [-0.39, 0.29) is 17.2 Å². The second-order valence-corrected chi connectivity index (χ2v) is 8.12. The average molecular weight is 354 g/mol. The summed E-state index contributed by atoms with van der Waals surface area (Å²) in [6.07, 6.45) is 4.88. The zero-order valence-electron chi connectivity index (χ0n) is 16.0. The Balaban J connectivity index is 1.87. The van der Waals surface area contributed by atoms with E-state index < -0.39 is 5.41 Å². The van der Waals surface area contributed by atoms with Gasteiger partial charge >= 0.3 is 0 Å². The number of rotatable bonds is 4. The van der Waals surface area contributed by atoms with Gasteiger partial charge in [0.05, 0.1) is 5.41 Å². The fraction of sp³-hybridized carbons (Fsp3) is 0.545. The van der Waals surface area contributed by atoms with Gasteiger partial charge in [-0.2, -0.15) is 0 Å². The molecule has 2 amide bonds. The van der Waals surface area contributed by atoms with Gasteiger partial charge in [-0.25, -0.2) is 0 Å². The molecule has 2 saturated heterocycles. The van der Waals surface area contributed by atoms with Crippen molar-refractivity contribution in [3.05, 3.63) is 48.6 Å². The molecule has 0 saturated carbocycles. The summed E-state index contributed by atoms with van der Waals surface area (Å²) >= 11 is 0. The number of hydrogen-bond acceptors (Lipinski definition) is 2. The Morgan fingerprint density at radius 3 is 2.23 bits per heavy atom. The molecule has 1 atom stereocenters. The lowest BCUT2D eigenvalue weighted by molar-refractivity contribution is -0.141. The molecule has 2 aliphatic heterocycles. The molecular formula is C22H30N2O2. The number of nitrogens with zero attached hydrogens (tertiary/aromatic N) is 2. The normalized spacial score (nSPS) is 25.2. The fourth-order valence-electron chi connectivity index (χ4n) is 4.41. The van der Waals surface area contributed by atoms with Gasteiger partial charge in [0.25, 0.3) is 0 Å². The molecule has 3 rings (SSSR count). The Morgan fingerprint density at radius 2 is 1.69 bits per heavy atom. The van der Waals surface area contributed by atoms with Crippen molar-refractivity contribution in [1.82, 2.24) is 9.80 Å². The molecule has 2 aliphatic rings. The molecule has 1 aromatic carbocycles. The van der Waals surface area contributed by atoms with Crippen molar-refractivity contribution in [3.8, 4) is 0 Å². The number of carbonyl (C=O) groups is 2. The van der Waals surface area contributed by atoms with Crippen LogP contribution in [0.5, 0.6) is 0 Å². The topological polar surface area (TPSA) is 40.6 Å². The smallest absolute Gasteiger partial charge is 0.245 e. The maximum absolute atomic E-state index is 13.7. The SMILES string of the molecule is C=CC(=O)N1CCC(C(=O)N2CCC(C)(CC)C2)(c2ccccc2)CC1. The summed E-state index contributed by atoms with van der Waals surface area (Å²) in [5.41, 5.74) is 0.798. The van der Waals surface area contributed by atoms with Gasteiger partial charge in [-0.3, -0.25) is 9.59 Å². The molecule has 0 N–H and O–H groups in total. The highest BCUT2D eigenvalue weighted by Gasteiger charge is 2.48. The van der Waals surface area contributed by atoms with E-state index in [1.54, 1.807) is 0 Å². The number of amides is 2. The molecule has 0 spiro atoms. The number of likely N-dealkylation sites (tertiary alicyclic amines) is 2. The molecule has 0 aromatic heterocycles. The van der Waals surface area contributed by atoms with Gasteiger partial charge in [0, 0.05) is 26.2 Å². The van der Waals surface area contributed by atoms with Crippen molar-refractivity contribution < 1.29 is 9.59 Å². The van der Waals surface area contributed by atoms with Crippen LogP contribution in [-0.4, -0.2) is 47.8 Å². The van der Waals surface area contributed by atoms with E-state index in [4.69, 9.17) is 0 Å². The summed E-state index contributed by atoms with van der Waals surface area (Å²) in [7, 11) is 0. The number of piperidine rings is 1. The lowest BCUT2D eigenvalue weighted by Crippen LogP contribution is -2.53. The highest BCUT2D eigenvalue weighted by molar-refractivity contribution is 5.90. The highest BCUT2D eigenvalue weighted by Crippen LogP contribution is 2.41. The molecule has 1 aromatic rings. The first-order valence-corrected chi connectivity index (χ1v) is 9.70. The lowest BCUT2D eigenvalue weighted by Gasteiger charge is -2.43. The van der Waals surface area contributed by atoms with E-state index in [0.717, 1.165) is 31.5 Å². The summed E-state index contributed by atoms with van der Waals surface area (Å²) < 4.78 is 0. The van der Waals surface area contributed by atoms with Crippen LogP contribution in [-0.2, 0) is 15.0 Å². The summed E-state index contributed by atoms with van der Waals surface area (Å²) in [5, 5.41) is 0. The first-order valence-electron chi connectivity index (χ1n) is 9.70. The molecule has 140 valence electrons. The van der Waals surface area contributed by atoms with Gasteiger partial charge in [-0.05, 0) is 42.7 Å². The Morgan fingerprint density at radius 1 is 1.08 bits per heavy atom. The zero-order chi connectivity index (χ0) is 18.8. The Hall–Kier alpha value is -2.10. The van der Waals surface area contributed by atoms with Gasteiger partial charge in [0.2, 0.25) is 11.8 Å². The van der Waals surface area contributed by atoms with Crippen molar-refractivity contribution in [2.75, 3.05) is 26.2 Å². The average Bonchev–Trinajstić information content (AvgIpc) is 3.10. The summed E-state index contributed by atoms with van der Waals surface area (Å²) in [6, 6.07) is 10.1. The second-order valence-electron chi connectivity index (χ2n) is 8.12. The van der Waals surface area contributed by atoms with Crippen LogP contribution >= 0.6 is 0 Å². The molecule has 2 heterocycles. The highest BCUT2D eigenvalue weighted by atomic mass is 16.2. The Labute approximate surface area is 156 Å². The third-order valence-corrected chi connectivity index (χ3v) is 6.54. The minimum absolute atomic E-state index is 0.0427. The molecule has 0 aliphatic carbocycles. The lowest BCUT2D eigenvalue weighted by atomic mass is 9.71. The van der Waals surface area contributed by atoms with Gasteiger partial charge in [-0.1, -0.05) is 50.8 Å². The van der Waals surface area contributed by atoms with Crippen LogP contribution in [0.25, 0.3) is 0 Å². The first-order chi connectivity index (χ1) is 12.4. The van der Waals surface area contributed by atoms with Crippen LogP contribution < -0.4 is 0 Å². The predicted octanol–water partition coefficient (Wildman–Crippen LogP) is 3.38. The Bertz CT molecular complexity index is 677. The van der Waals surface area contributed by atoms with E-state index in [1.807, 2.05) is 23.1 Å². The summed E-state index contributed by atoms with van der Waals surface area (Å²) in [6.45, 7) is 11.0. The van der Waals surface area contributed by atoms with E-state index >= 15 is 0 Å². The van der Waals surface area contributed by atoms with Gasteiger partial charge in [0.1, 0.15) is 0 Å². The van der Waals surface area contributed by atoms with Crippen molar-refractivity contribution in [2.24, 2.45) is 5.41 Å². The van der Waals surface area contributed by atoms with Crippen LogP contribution in [0.4, 0.5) is 0 Å². The standard InChI is InChI=1S/C22H30N2O2/c1-4-19(25)23-15-12-22(13-16-23,18-9-7-6-8-10-18)20(26)24-14-11-21(3,5-2)17-24/h4,6-10H,1,5,11-17H2,2-3H3. The van der Waals surface area contributed by atoms with Gasteiger partial charge in [-0.15, -0.1) is 0 Å². The summed E-state index contributed by atoms with van der Waals surface area (Å²) in [4.78, 5) is 29.5.